The number of aromatic nitrogens is 5. The van der Waals surface area contributed by atoms with Crippen molar-refractivity contribution in [2.24, 2.45) is 7.05 Å². The molecule has 0 bridgehead atoms. The van der Waals surface area contributed by atoms with Gasteiger partial charge in [-0.3, -0.25) is 14.3 Å². The van der Waals surface area contributed by atoms with Crippen molar-refractivity contribution in [2.75, 3.05) is 18.5 Å². The Balaban J connectivity index is 1.23. The highest BCUT2D eigenvalue weighted by atomic mass is 35.5. The highest BCUT2D eigenvalue weighted by Gasteiger charge is 2.40. The van der Waals surface area contributed by atoms with Crippen molar-refractivity contribution in [3.63, 3.8) is 0 Å². The van der Waals surface area contributed by atoms with Gasteiger partial charge in [0, 0.05) is 49.5 Å². The first-order valence-corrected chi connectivity index (χ1v) is 13.3. The highest BCUT2D eigenvalue weighted by molar-refractivity contribution is 6.31. The van der Waals surface area contributed by atoms with Crippen LogP contribution in [0.2, 0.25) is 5.15 Å². The number of likely N-dealkylation sites (N-methyl/N-ethyl adjacent to an activating group) is 1. The molecule has 3 aromatic heterocycles. The van der Waals surface area contributed by atoms with E-state index in [1.54, 1.807) is 26.2 Å². The van der Waals surface area contributed by atoms with Gasteiger partial charge in [0.05, 0.1) is 30.5 Å². The Labute approximate surface area is 229 Å². The number of carbonyl (C=O) groups is 2. The van der Waals surface area contributed by atoms with Crippen molar-refractivity contribution in [3.8, 4) is 11.1 Å². The minimum atomic E-state index is -0.668. The number of hydrogen-bond donors (Lipinski definition) is 0. The maximum absolute atomic E-state index is 13.9. The molecule has 1 atom stereocenters. The molecule has 0 radical (unpaired) electrons. The number of carbonyl (C=O) groups excluding carboxylic acids is 2. The van der Waals surface area contributed by atoms with E-state index in [-0.39, 0.29) is 11.8 Å². The summed E-state index contributed by atoms with van der Waals surface area (Å²) in [6.45, 7) is 1.24. The van der Waals surface area contributed by atoms with E-state index in [2.05, 4.69) is 26.9 Å². The fraction of sp³-hybridized carbons (Fsp3) is 0.241. The van der Waals surface area contributed by atoms with Crippen LogP contribution in [0.15, 0.2) is 67.1 Å². The number of hydrogen-bond acceptors (Lipinski definition) is 4. The van der Waals surface area contributed by atoms with Crippen LogP contribution in [0.3, 0.4) is 0 Å². The Morgan fingerprint density at radius 2 is 1.87 bits per heavy atom. The smallest absolute Gasteiger partial charge is 0.275 e. The van der Waals surface area contributed by atoms with Gasteiger partial charge in [-0.25, -0.2) is 4.68 Å². The zero-order valence-corrected chi connectivity index (χ0v) is 22.3. The van der Waals surface area contributed by atoms with Crippen LogP contribution < -0.4 is 4.90 Å². The molecular weight excluding hydrogens is 514 g/mol. The lowest BCUT2D eigenvalue weighted by Gasteiger charge is -2.34. The molecule has 9 nitrogen and oxygen atoms in total. The van der Waals surface area contributed by atoms with Gasteiger partial charge in [0.25, 0.3) is 11.8 Å². The second-order valence-corrected chi connectivity index (χ2v) is 10.6. The lowest BCUT2D eigenvalue weighted by molar-refractivity contribution is -0.123. The number of aryl methyl sites for hydroxylation is 1. The first-order valence-electron chi connectivity index (χ1n) is 12.9. The van der Waals surface area contributed by atoms with E-state index >= 15 is 0 Å². The first kappa shape index (κ1) is 23.7. The Morgan fingerprint density at radius 1 is 1.05 bits per heavy atom. The molecule has 0 fully saturated rings. The number of benzene rings is 2. The van der Waals surface area contributed by atoms with Gasteiger partial charge < -0.3 is 14.4 Å². The molecule has 0 saturated carbocycles. The van der Waals surface area contributed by atoms with E-state index < -0.39 is 6.04 Å². The average Bonchev–Trinajstić information content (AvgIpc) is 3.63. The van der Waals surface area contributed by atoms with Gasteiger partial charge in [0.15, 0.2) is 5.69 Å². The fourth-order valence-corrected chi connectivity index (χ4v) is 6.09. The third-order valence-corrected chi connectivity index (χ3v) is 8.25. The zero-order valence-electron chi connectivity index (χ0n) is 21.6. The molecule has 2 amide bonds. The number of halogens is 1. The van der Waals surface area contributed by atoms with Gasteiger partial charge >= 0.3 is 0 Å². The second kappa shape index (κ2) is 8.84. The maximum atomic E-state index is 13.9. The standard InChI is InChI=1S/C29H26ClN7O2/c1-33-16-21(14-31-33)20-12-19-8-10-35-17-24(28(38)34(2)23(13-20)26(19)35)36-11-9-22-25(29(36)39)32-37(27(22)30)15-18-6-4-3-5-7-18/h3-8,10,12-14,16,24H,9,11,15,17H2,1-2H3/t24-/m0/s1. The van der Waals surface area contributed by atoms with Crippen LogP contribution >= 0.6 is 11.6 Å². The number of anilines is 1. The summed E-state index contributed by atoms with van der Waals surface area (Å²) in [6, 6.07) is 15.4. The van der Waals surface area contributed by atoms with Crippen molar-refractivity contribution < 1.29 is 9.59 Å². The van der Waals surface area contributed by atoms with Crippen LogP contribution in [0.25, 0.3) is 22.0 Å². The summed E-state index contributed by atoms with van der Waals surface area (Å²) in [5.41, 5.74) is 5.87. The molecule has 0 unspecified atom stereocenters. The fourth-order valence-electron chi connectivity index (χ4n) is 5.81. The molecular formula is C29H26ClN7O2. The summed E-state index contributed by atoms with van der Waals surface area (Å²) in [7, 11) is 3.66. The number of fused-ring (bicyclic) bond motifs is 1. The molecule has 7 rings (SSSR count). The van der Waals surface area contributed by atoms with Gasteiger partial charge in [-0.15, -0.1) is 0 Å². The molecule has 0 spiro atoms. The topological polar surface area (TPSA) is 81.2 Å². The van der Waals surface area contributed by atoms with E-state index in [0.29, 0.717) is 36.9 Å². The average molecular weight is 540 g/mol. The predicted molar refractivity (Wildman–Crippen MR) is 149 cm³/mol. The quantitative estimate of drug-likeness (QED) is 0.346. The van der Waals surface area contributed by atoms with Crippen molar-refractivity contribution >= 4 is 40.0 Å². The van der Waals surface area contributed by atoms with Crippen LogP contribution in [0.4, 0.5) is 5.69 Å². The normalized spacial score (nSPS) is 17.2. The summed E-state index contributed by atoms with van der Waals surface area (Å²) in [5.74, 6) is -0.392. The summed E-state index contributed by atoms with van der Waals surface area (Å²) in [4.78, 5) is 31.1. The lowest BCUT2D eigenvalue weighted by Crippen LogP contribution is -2.53. The zero-order chi connectivity index (χ0) is 26.8. The van der Waals surface area contributed by atoms with E-state index in [4.69, 9.17) is 11.6 Å². The first-order chi connectivity index (χ1) is 18.9. The van der Waals surface area contributed by atoms with Gasteiger partial charge in [-0.2, -0.15) is 10.2 Å². The Morgan fingerprint density at radius 3 is 2.64 bits per heavy atom. The second-order valence-electron chi connectivity index (χ2n) is 10.2. The van der Waals surface area contributed by atoms with E-state index in [1.165, 1.54) is 0 Å². The molecule has 39 heavy (non-hydrogen) atoms. The van der Waals surface area contributed by atoms with Crippen LogP contribution in [0, 0.1) is 0 Å². The molecule has 2 aliphatic heterocycles. The number of amides is 2. The summed E-state index contributed by atoms with van der Waals surface area (Å²) in [6.07, 6.45) is 6.31. The Bertz CT molecular complexity index is 1770. The van der Waals surface area contributed by atoms with Crippen LogP contribution in [0.1, 0.15) is 21.6 Å². The minimum Gasteiger partial charge on any atom is -0.343 e. The molecule has 2 aromatic carbocycles. The summed E-state index contributed by atoms with van der Waals surface area (Å²) in [5, 5.41) is 10.4. The van der Waals surface area contributed by atoms with Crippen LogP contribution in [-0.2, 0) is 31.4 Å². The van der Waals surface area contributed by atoms with Crippen LogP contribution in [-0.4, -0.2) is 60.5 Å². The van der Waals surface area contributed by atoms with Gasteiger partial charge in [-0.05, 0) is 35.7 Å². The van der Waals surface area contributed by atoms with Gasteiger partial charge in [0.2, 0.25) is 0 Å². The van der Waals surface area contributed by atoms with Gasteiger partial charge in [-0.1, -0.05) is 41.9 Å². The highest BCUT2D eigenvalue weighted by Crippen LogP contribution is 2.37. The molecule has 10 heteroatoms. The largest absolute Gasteiger partial charge is 0.343 e. The molecule has 5 heterocycles. The van der Waals surface area contributed by atoms with Crippen molar-refractivity contribution in [3.05, 3.63) is 89.1 Å². The monoisotopic (exact) mass is 539 g/mol. The molecule has 0 saturated heterocycles. The van der Waals surface area contributed by atoms with E-state index in [9.17, 15) is 9.59 Å². The number of nitrogens with zero attached hydrogens (tertiary/aromatic N) is 7. The van der Waals surface area contributed by atoms with Crippen molar-refractivity contribution in [2.45, 2.75) is 25.6 Å². The van der Waals surface area contributed by atoms with Crippen molar-refractivity contribution in [1.82, 2.24) is 29.0 Å². The Kier molecular flexibility index (Phi) is 5.38. The molecule has 0 aliphatic carbocycles. The lowest BCUT2D eigenvalue weighted by atomic mass is 10.0. The van der Waals surface area contributed by atoms with Crippen molar-refractivity contribution in [1.29, 1.82) is 0 Å². The van der Waals surface area contributed by atoms with Gasteiger partial charge in [0.1, 0.15) is 11.2 Å². The SMILES string of the molecule is CN1C(=O)[C@@H](N2CCc3c(nn(Cc4ccccc4)c3Cl)C2=O)Cn2ccc3cc(-c4cnn(C)c4)cc1c32. The molecule has 196 valence electrons. The molecule has 5 aromatic rings. The summed E-state index contributed by atoms with van der Waals surface area (Å²) < 4.78 is 5.51. The van der Waals surface area contributed by atoms with E-state index in [1.807, 2.05) is 62.0 Å². The third kappa shape index (κ3) is 3.76. The van der Waals surface area contributed by atoms with E-state index in [0.717, 1.165) is 38.8 Å². The van der Waals surface area contributed by atoms with Crippen LogP contribution in [0.5, 0.6) is 0 Å². The third-order valence-electron chi connectivity index (χ3n) is 7.83. The minimum absolute atomic E-state index is 0.130. The summed E-state index contributed by atoms with van der Waals surface area (Å²) >= 11 is 6.68. The Hall–Kier alpha value is -4.37. The molecule has 2 aliphatic rings. The predicted octanol–water partition coefficient (Wildman–Crippen LogP) is 3.98. The maximum Gasteiger partial charge on any atom is 0.275 e. The number of rotatable bonds is 4. The molecule has 0 N–H and O–H groups in total.